The Morgan fingerprint density at radius 3 is 2.51 bits per heavy atom. The van der Waals surface area contributed by atoms with E-state index in [4.69, 9.17) is 18.9 Å². The van der Waals surface area contributed by atoms with E-state index < -0.39 is 17.7 Å². The Hall–Kier alpha value is -4.46. The van der Waals surface area contributed by atoms with Crippen molar-refractivity contribution in [3.63, 3.8) is 0 Å². The van der Waals surface area contributed by atoms with Gasteiger partial charge in [0.1, 0.15) is 17.3 Å². The maximum absolute atomic E-state index is 13.4. The summed E-state index contributed by atoms with van der Waals surface area (Å²) < 4.78 is 21.5. The molecule has 0 aliphatic carbocycles. The predicted octanol–water partition coefficient (Wildman–Crippen LogP) is 4.37. The van der Waals surface area contributed by atoms with Crippen LogP contribution >= 0.6 is 0 Å². The van der Waals surface area contributed by atoms with Crippen molar-refractivity contribution in [2.24, 2.45) is 0 Å². The van der Waals surface area contributed by atoms with Gasteiger partial charge in [0, 0.05) is 17.8 Å². The molecular formula is C27H23NO7. The molecule has 0 radical (unpaired) electrons. The van der Waals surface area contributed by atoms with Gasteiger partial charge in [-0.1, -0.05) is 29.8 Å². The molecule has 0 bridgehead atoms. The molecular weight excluding hydrogens is 450 g/mol. The van der Waals surface area contributed by atoms with E-state index in [-0.39, 0.29) is 23.7 Å². The van der Waals surface area contributed by atoms with E-state index in [0.29, 0.717) is 34.2 Å². The minimum atomic E-state index is -0.873. The molecule has 3 aromatic carbocycles. The zero-order valence-corrected chi connectivity index (χ0v) is 19.4. The minimum Gasteiger partial charge on any atom is -0.507 e. The summed E-state index contributed by atoms with van der Waals surface area (Å²) in [5.41, 5.74) is 2.30. The molecule has 1 N–H and O–H groups in total. The molecule has 1 amide bonds. The van der Waals surface area contributed by atoms with Crippen molar-refractivity contribution in [3.05, 3.63) is 82.9 Å². The number of hydrogen-bond donors (Lipinski definition) is 1. The number of amides is 1. The van der Waals surface area contributed by atoms with E-state index in [0.717, 1.165) is 5.56 Å². The number of methoxy groups -OCH3 is 2. The molecule has 0 spiro atoms. The molecule has 3 aromatic rings. The van der Waals surface area contributed by atoms with Crippen LogP contribution in [0.4, 0.5) is 5.69 Å². The molecule has 0 aromatic heterocycles. The fourth-order valence-corrected chi connectivity index (χ4v) is 4.43. The lowest BCUT2D eigenvalue weighted by molar-refractivity contribution is -0.132. The standard InChI is InChI=1S/C27H23NO7/c1-15-5-4-6-16(11-15)24-23(25(29)19-9-8-18(32-2)13-21(19)33-3)26(30)27(31)28(24)17-7-10-20-22(12-17)35-14-34-20/h4-13,24,29H,14H2,1-3H3/b25-23+. The van der Waals surface area contributed by atoms with Gasteiger partial charge in [-0.3, -0.25) is 14.5 Å². The lowest BCUT2D eigenvalue weighted by atomic mass is 9.94. The Balaban J connectivity index is 1.72. The number of fused-ring (bicyclic) bond motifs is 1. The van der Waals surface area contributed by atoms with Gasteiger partial charge in [-0.2, -0.15) is 0 Å². The number of aliphatic hydroxyl groups excluding tert-OH is 1. The molecule has 0 saturated carbocycles. The molecule has 35 heavy (non-hydrogen) atoms. The zero-order chi connectivity index (χ0) is 24.7. The average molecular weight is 473 g/mol. The topological polar surface area (TPSA) is 94.5 Å². The highest BCUT2D eigenvalue weighted by atomic mass is 16.7. The number of aryl methyl sites for hydroxylation is 1. The summed E-state index contributed by atoms with van der Waals surface area (Å²) in [5.74, 6) is -0.0373. The molecule has 8 nitrogen and oxygen atoms in total. The number of benzene rings is 3. The first-order valence-electron chi connectivity index (χ1n) is 10.9. The molecule has 2 heterocycles. The highest BCUT2D eigenvalue weighted by Gasteiger charge is 2.47. The quantitative estimate of drug-likeness (QED) is 0.334. The van der Waals surface area contributed by atoms with Gasteiger partial charge in [0.05, 0.1) is 31.4 Å². The first kappa shape index (κ1) is 22.3. The summed E-state index contributed by atoms with van der Waals surface area (Å²) in [5, 5.41) is 11.4. The highest BCUT2D eigenvalue weighted by molar-refractivity contribution is 6.51. The molecule has 1 saturated heterocycles. The van der Waals surface area contributed by atoms with E-state index in [1.165, 1.54) is 19.1 Å². The molecule has 1 atom stereocenters. The summed E-state index contributed by atoms with van der Waals surface area (Å²) in [7, 11) is 2.97. The van der Waals surface area contributed by atoms with Crippen LogP contribution in [-0.4, -0.2) is 37.8 Å². The number of anilines is 1. The number of carbonyl (C=O) groups is 2. The van der Waals surface area contributed by atoms with Crippen molar-refractivity contribution in [1.29, 1.82) is 0 Å². The average Bonchev–Trinajstić information content (AvgIpc) is 3.45. The van der Waals surface area contributed by atoms with Crippen LogP contribution in [0.25, 0.3) is 5.76 Å². The lowest BCUT2D eigenvalue weighted by Crippen LogP contribution is -2.29. The number of rotatable bonds is 5. The molecule has 2 aliphatic heterocycles. The van der Waals surface area contributed by atoms with E-state index >= 15 is 0 Å². The third-order valence-corrected chi connectivity index (χ3v) is 6.10. The molecule has 178 valence electrons. The van der Waals surface area contributed by atoms with Crippen molar-refractivity contribution in [3.8, 4) is 23.0 Å². The van der Waals surface area contributed by atoms with Crippen molar-refractivity contribution in [1.82, 2.24) is 0 Å². The fraction of sp³-hybridized carbons (Fsp3) is 0.185. The number of ketones is 1. The Kier molecular flexibility index (Phi) is 5.56. The van der Waals surface area contributed by atoms with Crippen molar-refractivity contribution in [2.75, 3.05) is 25.9 Å². The van der Waals surface area contributed by atoms with Gasteiger partial charge in [-0.05, 0) is 36.8 Å². The van der Waals surface area contributed by atoms with E-state index in [9.17, 15) is 14.7 Å². The number of hydrogen-bond acceptors (Lipinski definition) is 7. The van der Waals surface area contributed by atoms with Crippen molar-refractivity contribution < 1.29 is 33.6 Å². The SMILES string of the molecule is COc1ccc(/C(O)=C2\C(=O)C(=O)N(c3ccc4c(c3)OCO4)C2c2cccc(C)c2)c(OC)c1. The van der Waals surface area contributed by atoms with Crippen LogP contribution in [0.5, 0.6) is 23.0 Å². The summed E-state index contributed by atoms with van der Waals surface area (Å²) in [6.45, 7) is 2.00. The Bertz CT molecular complexity index is 1380. The number of ether oxygens (including phenoxy) is 4. The summed E-state index contributed by atoms with van der Waals surface area (Å²) in [6.07, 6.45) is 0. The van der Waals surface area contributed by atoms with E-state index in [2.05, 4.69) is 0 Å². The summed E-state index contributed by atoms with van der Waals surface area (Å²) >= 11 is 0. The van der Waals surface area contributed by atoms with Gasteiger partial charge in [-0.25, -0.2) is 0 Å². The minimum absolute atomic E-state index is 0.0401. The predicted molar refractivity (Wildman–Crippen MR) is 128 cm³/mol. The van der Waals surface area contributed by atoms with Crippen LogP contribution in [0.15, 0.2) is 66.2 Å². The van der Waals surface area contributed by atoms with Crippen LogP contribution < -0.4 is 23.8 Å². The summed E-state index contributed by atoms with van der Waals surface area (Å²) in [4.78, 5) is 28.2. The fourth-order valence-electron chi connectivity index (χ4n) is 4.43. The molecule has 2 aliphatic rings. The van der Waals surface area contributed by atoms with Gasteiger partial charge in [0.25, 0.3) is 11.7 Å². The smallest absolute Gasteiger partial charge is 0.300 e. The summed E-state index contributed by atoms with van der Waals surface area (Å²) in [6, 6.07) is 16.5. The van der Waals surface area contributed by atoms with Gasteiger partial charge in [0.15, 0.2) is 11.5 Å². The Morgan fingerprint density at radius 1 is 0.971 bits per heavy atom. The third kappa shape index (κ3) is 3.73. The van der Waals surface area contributed by atoms with Crippen LogP contribution in [0, 0.1) is 6.92 Å². The van der Waals surface area contributed by atoms with Crippen LogP contribution in [0.3, 0.4) is 0 Å². The number of aliphatic hydroxyl groups is 1. The normalized spacial score (nSPS) is 18.1. The molecule has 8 heteroatoms. The van der Waals surface area contributed by atoms with Gasteiger partial charge in [0.2, 0.25) is 6.79 Å². The van der Waals surface area contributed by atoms with Crippen molar-refractivity contribution >= 4 is 23.1 Å². The van der Waals surface area contributed by atoms with Gasteiger partial charge >= 0.3 is 0 Å². The maximum Gasteiger partial charge on any atom is 0.300 e. The first-order valence-corrected chi connectivity index (χ1v) is 10.9. The maximum atomic E-state index is 13.4. The number of Topliss-reactive ketones (excluding diaryl/α,β-unsaturated/α-hetero) is 1. The van der Waals surface area contributed by atoms with Crippen LogP contribution in [0.2, 0.25) is 0 Å². The number of nitrogens with zero attached hydrogens (tertiary/aromatic N) is 1. The van der Waals surface area contributed by atoms with E-state index in [1.807, 2.05) is 31.2 Å². The Labute approximate surface area is 201 Å². The largest absolute Gasteiger partial charge is 0.507 e. The third-order valence-electron chi connectivity index (χ3n) is 6.10. The second-order valence-electron chi connectivity index (χ2n) is 8.19. The molecule has 5 rings (SSSR count). The number of carbonyl (C=O) groups excluding carboxylic acids is 2. The van der Waals surface area contributed by atoms with Crippen LogP contribution in [-0.2, 0) is 9.59 Å². The van der Waals surface area contributed by atoms with Gasteiger partial charge < -0.3 is 24.1 Å². The van der Waals surface area contributed by atoms with E-state index in [1.54, 1.807) is 36.4 Å². The second kappa shape index (κ2) is 8.72. The monoisotopic (exact) mass is 473 g/mol. The zero-order valence-electron chi connectivity index (χ0n) is 19.4. The molecule has 1 fully saturated rings. The second-order valence-corrected chi connectivity index (χ2v) is 8.19. The highest BCUT2D eigenvalue weighted by Crippen LogP contribution is 2.46. The van der Waals surface area contributed by atoms with Gasteiger partial charge in [-0.15, -0.1) is 0 Å². The molecule has 1 unspecified atom stereocenters. The van der Waals surface area contributed by atoms with Crippen molar-refractivity contribution in [2.45, 2.75) is 13.0 Å². The van der Waals surface area contributed by atoms with Crippen LogP contribution in [0.1, 0.15) is 22.7 Å². The first-order chi connectivity index (χ1) is 16.9. The lowest BCUT2D eigenvalue weighted by Gasteiger charge is -2.26. The Morgan fingerprint density at radius 2 is 1.77 bits per heavy atom.